The van der Waals surface area contributed by atoms with Gasteiger partial charge in [0.2, 0.25) is 5.01 Å². The molecular weight excluding hydrogens is 416 g/mol. The number of hydrogen-bond donors (Lipinski definition) is 2. The zero-order valence-electron chi connectivity index (χ0n) is 16.7. The van der Waals surface area contributed by atoms with Crippen LogP contribution in [0.4, 0.5) is 11.5 Å². The van der Waals surface area contributed by atoms with Crippen LogP contribution in [0, 0.1) is 0 Å². The summed E-state index contributed by atoms with van der Waals surface area (Å²) < 4.78 is 1.90. The van der Waals surface area contributed by atoms with Crippen molar-refractivity contribution in [3.05, 3.63) is 64.9 Å². The van der Waals surface area contributed by atoms with E-state index in [1.165, 1.54) is 5.51 Å². The average molecular weight is 434 g/mol. The minimum Gasteiger partial charge on any atom is -0.320 e. The first-order chi connectivity index (χ1) is 15.0. The molecule has 0 aliphatic heterocycles. The summed E-state index contributed by atoms with van der Waals surface area (Å²) in [6.07, 6.45) is 1.65. The largest absolute Gasteiger partial charge is 0.320 e. The number of carbonyl (C=O) groups is 2. The molecule has 0 saturated carbocycles. The quantitative estimate of drug-likeness (QED) is 0.477. The van der Waals surface area contributed by atoms with Crippen molar-refractivity contribution in [2.45, 2.75) is 19.9 Å². The molecule has 0 aliphatic carbocycles. The lowest BCUT2D eigenvalue weighted by atomic mass is 10.2. The molecule has 3 heterocycles. The molecule has 0 aliphatic rings. The second-order valence-corrected chi connectivity index (χ2v) is 7.63. The normalized spacial score (nSPS) is 10.8. The van der Waals surface area contributed by atoms with Crippen molar-refractivity contribution in [3.63, 3.8) is 0 Å². The highest BCUT2D eigenvalue weighted by Crippen LogP contribution is 2.20. The van der Waals surface area contributed by atoms with Crippen molar-refractivity contribution < 1.29 is 9.59 Å². The Labute approximate surface area is 181 Å². The van der Waals surface area contributed by atoms with Crippen LogP contribution in [-0.4, -0.2) is 41.8 Å². The molecule has 4 rings (SSSR count). The predicted octanol–water partition coefficient (Wildman–Crippen LogP) is 3.28. The van der Waals surface area contributed by atoms with Gasteiger partial charge in [-0.3, -0.25) is 9.59 Å². The van der Waals surface area contributed by atoms with E-state index in [0.29, 0.717) is 28.6 Å². The van der Waals surface area contributed by atoms with Crippen molar-refractivity contribution in [1.29, 1.82) is 0 Å². The van der Waals surface area contributed by atoms with Crippen LogP contribution in [0.2, 0.25) is 0 Å². The molecule has 3 aromatic heterocycles. The van der Waals surface area contributed by atoms with Crippen LogP contribution in [0.1, 0.15) is 40.0 Å². The second-order valence-electron chi connectivity index (χ2n) is 6.80. The highest BCUT2D eigenvalue weighted by Gasteiger charge is 2.14. The third-order valence-electron chi connectivity index (χ3n) is 4.29. The van der Waals surface area contributed by atoms with Gasteiger partial charge in [0.25, 0.3) is 11.8 Å². The van der Waals surface area contributed by atoms with Gasteiger partial charge in [-0.25, -0.2) is 4.98 Å². The van der Waals surface area contributed by atoms with E-state index in [1.54, 1.807) is 42.7 Å². The third kappa shape index (κ3) is 4.61. The first kappa shape index (κ1) is 20.3. The fourth-order valence-electron chi connectivity index (χ4n) is 2.82. The van der Waals surface area contributed by atoms with Gasteiger partial charge in [0.1, 0.15) is 23.3 Å². The number of hydrogen-bond acceptors (Lipinski definition) is 8. The minimum absolute atomic E-state index is 0.170. The molecule has 2 N–H and O–H groups in total. The fourth-order valence-corrected chi connectivity index (χ4v) is 3.26. The van der Waals surface area contributed by atoms with Gasteiger partial charge in [-0.2, -0.15) is 0 Å². The number of nitrogens with zero attached hydrogens (tertiary/aromatic N) is 6. The van der Waals surface area contributed by atoms with Crippen LogP contribution in [0.25, 0.3) is 11.5 Å². The number of nitrogens with one attached hydrogen (secondary N) is 2. The van der Waals surface area contributed by atoms with Crippen molar-refractivity contribution in [1.82, 2.24) is 29.9 Å². The summed E-state index contributed by atoms with van der Waals surface area (Å²) in [4.78, 5) is 29.4. The number of pyridine rings is 1. The summed E-state index contributed by atoms with van der Waals surface area (Å²) in [5.41, 5.74) is 2.91. The number of amides is 2. The second kappa shape index (κ2) is 8.79. The maximum atomic E-state index is 12.7. The zero-order valence-corrected chi connectivity index (χ0v) is 17.5. The molecule has 0 saturated heterocycles. The lowest BCUT2D eigenvalue weighted by Crippen LogP contribution is -2.15. The summed E-state index contributed by atoms with van der Waals surface area (Å²) in [6, 6.07) is 12.1. The van der Waals surface area contributed by atoms with E-state index in [2.05, 4.69) is 36.0 Å². The van der Waals surface area contributed by atoms with Crippen molar-refractivity contribution >= 4 is 34.7 Å². The Bertz CT molecular complexity index is 1220. The Kier molecular flexibility index (Phi) is 5.76. The van der Waals surface area contributed by atoms with Gasteiger partial charge >= 0.3 is 0 Å². The number of carbonyl (C=O) groups excluding carboxylic acids is 2. The molecule has 0 bridgehead atoms. The maximum absolute atomic E-state index is 12.7. The van der Waals surface area contributed by atoms with Crippen molar-refractivity contribution in [3.8, 4) is 11.5 Å². The molecule has 31 heavy (non-hydrogen) atoms. The molecule has 156 valence electrons. The van der Waals surface area contributed by atoms with Gasteiger partial charge < -0.3 is 15.2 Å². The Balaban J connectivity index is 1.50. The highest BCUT2D eigenvalue weighted by atomic mass is 32.1. The molecule has 2 amide bonds. The molecule has 11 heteroatoms. The van der Waals surface area contributed by atoms with E-state index in [4.69, 9.17) is 0 Å². The van der Waals surface area contributed by atoms with Crippen LogP contribution in [0.5, 0.6) is 0 Å². The summed E-state index contributed by atoms with van der Waals surface area (Å²) in [6.45, 7) is 4.05. The molecule has 4 aromatic rings. The fraction of sp³-hybridized carbons (Fsp3) is 0.150. The smallest absolute Gasteiger partial charge is 0.286 e. The van der Waals surface area contributed by atoms with Crippen molar-refractivity contribution in [2.75, 3.05) is 10.6 Å². The van der Waals surface area contributed by atoms with Crippen molar-refractivity contribution in [2.24, 2.45) is 0 Å². The number of benzene rings is 1. The first-order valence-electron chi connectivity index (χ1n) is 9.37. The van der Waals surface area contributed by atoms with Gasteiger partial charge in [0.05, 0.1) is 0 Å². The van der Waals surface area contributed by atoms with Crippen LogP contribution in [0.15, 0.2) is 54.3 Å². The summed E-state index contributed by atoms with van der Waals surface area (Å²) in [7, 11) is 0. The lowest BCUT2D eigenvalue weighted by Gasteiger charge is -2.11. The molecule has 0 radical (unpaired) electrons. The van der Waals surface area contributed by atoms with Gasteiger partial charge in [0.15, 0.2) is 5.82 Å². The summed E-state index contributed by atoms with van der Waals surface area (Å²) in [5.74, 6) is 0.252. The maximum Gasteiger partial charge on any atom is 0.286 e. The van der Waals surface area contributed by atoms with E-state index in [9.17, 15) is 9.59 Å². The topological polar surface area (TPSA) is 128 Å². The number of rotatable bonds is 6. The molecule has 1 aromatic carbocycles. The van der Waals surface area contributed by atoms with Crippen LogP contribution < -0.4 is 10.6 Å². The van der Waals surface area contributed by atoms with E-state index in [-0.39, 0.29) is 22.9 Å². The van der Waals surface area contributed by atoms with Gasteiger partial charge in [0, 0.05) is 17.3 Å². The standard InChI is InChI=1S/C20H18N8O2S/c1-12(2)28-10-21-26-17(28)15-7-4-8-16(24-15)25-18(29)13-5-3-6-14(9-13)23-19(30)20-27-22-11-31-20/h3-12H,1-2H3,(H,23,30)(H,24,25,29). The molecule has 0 unspecified atom stereocenters. The van der Waals surface area contributed by atoms with E-state index < -0.39 is 0 Å². The SMILES string of the molecule is CC(C)n1cnnc1-c1cccc(NC(=O)c2cccc(NC(=O)c3nncs3)c2)n1. The predicted molar refractivity (Wildman–Crippen MR) is 116 cm³/mol. The number of aromatic nitrogens is 6. The molecule has 0 atom stereocenters. The van der Waals surface area contributed by atoms with Crippen LogP contribution in [0.3, 0.4) is 0 Å². The zero-order chi connectivity index (χ0) is 21.8. The van der Waals surface area contributed by atoms with Crippen LogP contribution in [-0.2, 0) is 0 Å². The highest BCUT2D eigenvalue weighted by molar-refractivity contribution is 7.11. The molecule has 0 fully saturated rings. The molecule has 10 nitrogen and oxygen atoms in total. The Hall–Kier alpha value is -3.99. The van der Waals surface area contributed by atoms with Gasteiger partial charge in [-0.1, -0.05) is 23.5 Å². The molecule has 0 spiro atoms. The molecular formula is C20H18N8O2S. The van der Waals surface area contributed by atoms with E-state index in [0.717, 1.165) is 11.3 Å². The van der Waals surface area contributed by atoms with Crippen LogP contribution >= 0.6 is 11.3 Å². The monoisotopic (exact) mass is 434 g/mol. The first-order valence-corrected chi connectivity index (χ1v) is 10.2. The minimum atomic E-state index is -0.385. The Morgan fingerprint density at radius 1 is 1.00 bits per heavy atom. The Morgan fingerprint density at radius 2 is 1.84 bits per heavy atom. The summed E-state index contributed by atoms with van der Waals surface area (Å²) in [5, 5.41) is 21.2. The number of anilines is 2. The van der Waals surface area contributed by atoms with Gasteiger partial charge in [-0.15, -0.1) is 20.4 Å². The van der Waals surface area contributed by atoms with E-state index >= 15 is 0 Å². The average Bonchev–Trinajstić information content (AvgIpc) is 3.46. The Morgan fingerprint density at radius 3 is 2.61 bits per heavy atom. The van der Waals surface area contributed by atoms with Gasteiger partial charge in [-0.05, 0) is 44.2 Å². The summed E-state index contributed by atoms with van der Waals surface area (Å²) >= 11 is 1.13. The van der Waals surface area contributed by atoms with E-state index in [1.807, 2.05) is 24.5 Å². The lowest BCUT2D eigenvalue weighted by molar-refractivity contribution is 0.101. The third-order valence-corrected chi connectivity index (χ3v) is 4.98.